The summed E-state index contributed by atoms with van der Waals surface area (Å²) in [7, 11) is 0. The Bertz CT molecular complexity index is 50.8. The molecular formula is C10H20S2. The molecule has 0 spiro atoms. The lowest BCUT2D eigenvalue weighted by Crippen LogP contribution is -1.91. The van der Waals surface area contributed by atoms with Crippen LogP contribution < -0.4 is 0 Å². The molecule has 1 saturated heterocycles. The Morgan fingerprint density at radius 3 is 1.17 bits per heavy atom. The second-order valence-electron chi connectivity index (χ2n) is 3.35. The third kappa shape index (κ3) is 6.24. The average molecular weight is 204 g/mol. The Morgan fingerprint density at radius 1 is 0.417 bits per heavy atom. The maximum atomic E-state index is 2.16. The van der Waals surface area contributed by atoms with Crippen molar-refractivity contribution in [3.05, 3.63) is 0 Å². The van der Waals surface area contributed by atoms with Crippen LogP contribution in [0.4, 0.5) is 0 Å². The van der Waals surface area contributed by atoms with Crippen LogP contribution in [0.1, 0.15) is 38.5 Å². The summed E-state index contributed by atoms with van der Waals surface area (Å²) in [5.74, 6) is 5.63. The van der Waals surface area contributed by atoms with Crippen molar-refractivity contribution in [2.75, 3.05) is 23.0 Å². The molecule has 1 aliphatic heterocycles. The topological polar surface area (TPSA) is 0 Å². The summed E-state index contributed by atoms with van der Waals surface area (Å²) < 4.78 is 0. The number of thioether (sulfide) groups is 2. The predicted octanol–water partition coefficient (Wildman–Crippen LogP) is 3.81. The minimum atomic E-state index is 1.40. The molecule has 0 aromatic rings. The first-order valence-electron chi connectivity index (χ1n) is 5.15. The average Bonchev–Trinajstić information content (AvgIpc) is 2.05. The minimum Gasteiger partial charge on any atom is -0.162 e. The van der Waals surface area contributed by atoms with Gasteiger partial charge in [-0.15, -0.1) is 0 Å². The van der Waals surface area contributed by atoms with Crippen molar-refractivity contribution < 1.29 is 0 Å². The quantitative estimate of drug-likeness (QED) is 0.588. The van der Waals surface area contributed by atoms with Crippen molar-refractivity contribution in [3.8, 4) is 0 Å². The van der Waals surface area contributed by atoms with Gasteiger partial charge in [-0.2, -0.15) is 23.5 Å². The van der Waals surface area contributed by atoms with E-state index in [0.29, 0.717) is 0 Å². The van der Waals surface area contributed by atoms with Gasteiger partial charge in [0, 0.05) is 0 Å². The van der Waals surface area contributed by atoms with Gasteiger partial charge in [-0.3, -0.25) is 0 Å². The predicted molar refractivity (Wildman–Crippen MR) is 62.4 cm³/mol. The molecule has 72 valence electrons. The van der Waals surface area contributed by atoms with E-state index in [9.17, 15) is 0 Å². The first-order valence-corrected chi connectivity index (χ1v) is 7.46. The first kappa shape index (κ1) is 10.8. The summed E-state index contributed by atoms with van der Waals surface area (Å²) in [4.78, 5) is 0. The van der Waals surface area contributed by atoms with E-state index in [4.69, 9.17) is 0 Å². The molecule has 0 bridgehead atoms. The zero-order valence-electron chi connectivity index (χ0n) is 7.89. The smallest absolute Gasteiger partial charge is 0.00672 e. The first-order chi connectivity index (χ1) is 6.00. The second-order valence-corrected chi connectivity index (χ2v) is 5.80. The van der Waals surface area contributed by atoms with Gasteiger partial charge in [-0.05, 0) is 48.7 Å². The van der Waals surface area contributed by atoms with Crippen molar-refractivity contribution in [2.24, 2.45) is 0 Å². The molecule has 2 heteroatoms. The summed E-state index contributed by atoms with van der Waals surface area (Å²) in [5, 5.41) is 0. The fourth-order valence-electron chi connectivity index (χ4n) is 1.37. The number of rotatable bonds is 0. The summed E-state index contributed by atoms with van der Waals surface area (Å²) >= 11 is 4.32. The number of hydrogen-bond acceptors (Lipinski definition) is 2. The second kappa shape index (κ2) is 8.31. The van der Waals surface area contributed by atoms with E-state index >= 15 is 0 Å². The Balaban J connectivity index is 2.00. The van der Waals surface area contributed by atoms with Gasteiger partial charge in [0.1, 0.15) is 0 Å². The SMILES string of the molecule is C1CCCSCCCCSCC1. The van der Waals surface area contributed by atoms with Crippen molar-refractivity contribution in [2.45, 2.75) is 38.5 Å². The molecule has 0 N–H and O–H groups in total. The van der Waals surface area contributed by atoms with Crippen molar-refractivity contribution in [1.29, 1.82) is 0 Å². The molecule has 0 aliphatic carbocycles. The third-order valence-corrected chi connectivity index (χ3v) is 4.46. The van der Waals surface area contributed by atoms with E-state index in [1.165, 1.54) is 61.5 Å². The van der Waals surface area contributed by atoms with Gasteiger partial charge in [0.2, 0.25) is 0 Å². The molecule has 12 heavy (non-hydrogen) atoms. The van der Waals surface area contributed by atoms with Crippen LogP contribution in [-0.2, 0) is 0 Å². The highest BCUT2D eigenvalue weighted by atomic mass is 32.2. The lowest BCUT2D eigenvalue weighted by molar-refractivity contribution is 0.709. The van der Waals surface area contributed by atoms with Crippen molar-refractivity contribution in [1.82, 2.24) is 0 Å². The maximum absolute atomic E-state index is 2.16. The van der Waals surface area contributed by atoms with Gasteiger partial charge in [-0.25, -0.2) is 0 Å². The molecule has 1 rings (SSSR count). The van der Waals surface area contributed by atoms with Crippen LogP contribution in [0.25, 0.3) is 0 Å². The molecule has 1 heterocycles. The van der Waals surface area contributed by atoms with Crippen LogP contribution >= 0.6 is 23.5 Å². The molecule has 1 aliphatic rings. The van der Waals surface area contributed by atoms with Crippen LogP contribution in [0.3, 0.4) is 0 Å². The summed E-state index contributed by atoms with van der Waals surface area (Å²) in [5.41, 5.74) is 0. The van der Waals surface area contributed by atoms with Crippen LogP contribution in [0.5, 0.6) is 0 Å². The fourth-order valence-corrected chi connectivity index (χ4v) is 3.42. The largest absolute Gasteiger partial charge is 0.162 e. The summed E-state index contributed by atoms with van der Waals surface area (Å²) in [6.45, 7) is 0. The molecule has 1 fully saturated rings. The standard InChI is InChI=1S/C10H20S2/c1-2-4-8-12-10-6-5-9-11-7-3-1/h1-10H2. The van der Waals surface area contributed by atoms with E-state index in [2.05, 4.69) is 23.5 Å². The van der Waals surface area contributed by atoms with Gasteiger partial charge in [0.25, 0.3) is 0 Å². The highest BCUT2D eigenvalue weighted by molar-refractivity contribution is 7.99. The highest BCUT2D eigenvalue weighted by Crippen LogP contribution is 2.15. The Hall–Kier alpha value is 0.700. The highest BCUT2D eigenvalue weighted by Gasteiger charge is 1.96. The molecule has 0 aromatic carbocycles. The molecule has 0 unspecified atom stereocenters. The van der Waals surface area contributed by atoms with Gasteiger partial charge in [-0.1, -0.05) is 12.8 Å². The van der Waals surface area contributed by atoms with E-state index in [-0.39, 0.29) is 0 Å². The van der Waals surface area contributed by atoms with Gasteiger partial charge >= 0.3 is 0 Å². The summed E-state index contributed by atoms with van der Waals surface area (Å²) in [6.07, 6.45) is 8.72. The van der Waals surface area contributed by atoms with Gasteiger partial charge in [0.15, 0.2) is 0 Å². The Labute approximate surface area is 85.3 Å². The molecule has 0 saturated carbocycles. The lowest BCUT2D eigenvalue weighted by Gasteiger charge is -2.05. The van der Waals surface area contributed by atoms with Gasteiger partial charge < -0.3 is 0 Å². The van der Waals surface area contributed by atoms with E-state index in [1.54, 1.807) is 0 Å². The van der Waals surface area contributed by atoms with Crippen LogP contribution in [0, 0.1) is 0 Å². The monoisotopic (exact) mass is 204 g/mol. The van der Waals surface area contributed by atoms with Gasteiger partial charge in [0.05, 0.1) is 0 Å². The lowest BCUT2D eigenvalue weighted by atomic mass is 10.2. The van der Waals surface area contributed by atoms with Crippen LogP contribution in [0.2, 0.25) is 0 Å². The van der Waals surface area contributed by atoms with Crippen molar-refractivity contribution in [3.63, 3.8) is 0 Å². The van der Waals surface area contributed by atoms with Crippen LogP contribution in [0.15, 0.2) is 0 Å². The van der Waals surface area contributed by atoms with Crippen LogP contribution in [-0.4, -0.2) is 23.0 Å². The molecular weight excluding hydrogens is 184 g/mol. The Kier molecular flexibility index (Phi) is 7.46. The molecule has 0 nitrogen and oxygen atoms in total. The fraction of sp³-hybridized carbons (Fsp3) is 1.00. The van der Waals surface area contributed by atoms with E-state index < -0.39 is 0 Å². The zero-order valence-corrected chi connectivity index (χ0v) is 9.52. The van der Waals surface area contributed by atoms with E-state index in [0.717, 1.165) is 0 Å². The molecule has 0 aromatic heterocycles. The molecule has 0 atom stereocenters. The number of hydrogen-bond donors (Lipinski definition) is 0. The summed E-state index contributed by atoms with van der Waals surface area (Å²) in [6, 6.07) is 0. The normalized spacial score (nSPS) is 24.0. The Morgan fingerprint density at radius 2 is 0.750 bits per heavy atom. The zero-order chi connectivity index (χ0) is 8.49. The van der Waals surface area contributed by atoms with E-state index in [1.807, 2.05) is 0 Å². The third-order valence-electron chi connectivity index (χ3n) is 2.15. The minimum absolute atomic E-state index is 1.40. The molecule has 0 amide bonds. The molecule has 0 radical (unpaired) electrons. The van der Waals surface area contributed by atoms with Crippen molar-refractivity contribution >= 4 is 23.5 Å². The maximum Gasteiger partial charge on any atom is -0.00672 e.